The van der Waals surface area contributed by atoms with Crippen LogP contribution < -0.4 is 10.6 Å². The normalized spacial score (nSPS) is 18.0. The first-order valence-electron chi connectivity index (χ1n) is 6.36. The molecule has 0 aromatic heterocycles. The van der Waals surface area contributed by atoms with Gasteiger partial charge >= 0.3 is 0 Å². The minimum absolute atomic E-state index is 0.117. The second-order valence-corrected chi connectivity index (χ2v) is 6.00. The van der Waals surface area contributed by atoms with Gasteiger partial charge in [0.05, 0.1) is 17.6 Å². The Labute approximate surface area is 135 Å². The minimum atomic E-state index is -0.268. The molecule has 0 bridgehead atoms. The van der Waals surface area contributed by atoms with Crippen molar-refractivity contribution in [3.63, 3.8) is 0 Å². The second-order valence-electron chi connectivity index (χ2n) is 4.74. The van der Waals surface area contributed by atoms with Crippen LogP contribution in [0.25, 0.3) is 0 Å². The van der Waals surface area contributed by atoms with Gasteiger partial charge in [0.1, 0.15) is 5.82 Å². The molecule has 2 aromatic rings. The third-order valence-electron chi connectivity index (χ3n) is 3.40. The lowest BCUT2D eigenvalue weighted by molar-refractivity contribution is 0.621. The molecule has 21 heavy (non-hydrogen) atoms. The maximum Gasteiger partial charge on any atom is 0.196 e. The number of guanidine groups is 1. The average molecular weight is 369 g/mol. The molecule has 2 N–H and O–H groups in total. The quantitative estimate of drug-likeness (QED) is 0.866. The second kappa shape index (κ2) is 5.66. The van der Waals surface area contributed by atoms with Gasteiger partial charge in [-0.3, -0.25) is 4.99 Å². The Morgan fingerprint density at radius 3 is 2.81 bits per heavy atom. The summed E-state index contributed by atoms with van der Waals surface area (Å²) in [7, 11) is 0. The fraction of sp³-hybridized carbons (Fsp3) is 0.133. The van der Waals surface area contributed by atoms with E-state index in [-0.39, 0.29) is 11.9 Å². The highest BCUT2D eigenvalue weighted by atomic mass is 79.9. The van der Waals surface area contributed by atoms with Crippen molar-refractivity contribution in [3.05, 3.63) is 63.3 Å². The van der Waals surface area contributed by atoms with Crippen molar-refractivity contribution in [2.24, 2.45) is 10.7 Å². The average Bonchev–Trinajstić information content (AvgIpc) is 2.84. The van der Waals surface area contributed by atoms with Crippen LogP contribution in [0, 0.1) is 5.82 Å². The third-order valence-corrected chi connectivity index (χ3v) is 4.61. The Morgan fingerprint density at radius 2 is 2.10 bits per heavy atom. The molecule has 3 nitrogen and oxygen atoms in total. The van der Waals surface area contributed by atoms with Gasteiger partial charge in [-0.15, -0.1) is 0 Å². The minimum Gasteiger partial charge on any atom is -0.369 e. The number of hydrogen-bond donors (Lipinski definition) is 1. The Kier molecular flexibility index (Phi) is 3.87. The summed E-state index contributed by atoms with van der Waals surface area (Å²) in [5, 5.41) is 0.621. The summed E-state index contributed by atoms with van der Waals surface area (Å²) in [5.41, 5.74) is 7.70. The number of aliphatic imine (C=N–C) groups is 1. The highest BCUT2D eigenvalue weighted by Gasteiger charge is 2.29. The summed E-state index contributed by atoms with van der Waals surface area (Å²) in [5.74, 6) is 0.147. The predicted octanol–water partition coefficient (Wildman–Crippen LogP) is 4.12. The first-order valence-corrected chi connectivity index (χ1v) is 7.53. The van der Waals surface area contributed by atoms with Crippen molar-refractivity contribution in [3.8, 4) is 0 Å². The number of anilines is 1. The molecule has 0 saturated heterocycles. The summed E-state index contributed by atoms with van der Waals surface area (Å²) in [6.07, 6.45) is 0. The van der Waals surface area contributed by atoms with Gasteiger partial charge in [-0.25, -0.2) is 4.39 Å². The van der Waals surface area contributed by atoms with E-state index in [2.05, 4.69) is 20.9 Å². The van der Waals surface area contributed by atoms with E-state index in [1.54, 1.807) is 12.1 Å². The molecule has 1 aliphatic rings. The van der Waals surface area contributed by atoms with E-state index >= 15 is 0 Å². The molecule has 0 aliphatic carbocycles. The van der Waals surface area contributed by atoms with E-state index in [0.29, 0.717) is 17.5 Å². The summed E-state index contributed by atoms with van der Waals surface area (Å²) in [4.78, 5) is 6.17. The molecule has 2 aromatic carbocycles. The highest BCUT2D eigenvalue weighted by molar-refractivity contribution is 9.10. The van der Waals surface area contributed by atoms with Gasteiger partial charge in [-0.2, -0.15) is 0 Å². The van der Waals surface area contributed by atoms with Crippen LogP contribution in [-0.4, -0.2) is 12.5 Å². The standard InChI is InChI=1S/C15H12BrClFN3/c16-12-7-11(4-5-13(12)17)21-14(8-20-15(21)19)9-2-1-3-10(18)6-9/h1-7,14H,8H2,(H2,19,20). The Morgan fingerprint density at radius 1 is 1.29 bits per heavy atom. The Hall–Kier alpha value is -1.59. The first-order chi connectivity index (χ1) is 10.1. The third kappa shape index (κ3) is 2.76. The SMILES string of the molecule is NC1=NCC(c2cccc(F)c2)N1c1ccc(Cl)c(Br)c1. The molecule has 0 radical (unpaired) electrons. The molecule has 0 amide bonds. The maximum absolute atomic E-state index is 13.5. The van der Waals surface area contributed by atoms with Crippen LogP contribution in [0.3, 0.4) is 0 Å². The molecule has 0 saturated carbocycles. The molecule has 108 valence electrons. The zero-order chi connectivity index (χ0) is 15.0. The molecule has 1 heterocycles. The zero-order valence-corrected chi connectivity index (χ0v) is 13.3. The predicted molar refractivity (Wildman–Crippen MR) is 87.3 cm³/mol. The fourth-order valence-electron chi connectivity index (χ4n) is 2.41. The molecule has 3 rings (SSSR count). The van der Waals surface area contributed by atoms with Crippen molar-refractivity contribution in [1.29, 1.82) is 0 Å². The van der Waals surface area contributed by atoms with Crippen molar-refractivity contribution < 1.29 is 4.39 Å². The summed E-state index contributed by atoms with van der Waals surface area (Å²) < 4.78 is 14.2. The molecule has 1 atom stereocenters. The van der Waals surface area contributed by atoms with Gasteiger partial charge < -0.3 is 10.6 Å². The van der Waals surface area contributed by atoms with Gasteiger partial charge in [-0.1, -0.05) is 23.7 Å². The largest absolute Gasteiger partial charge is 0.369 e. The number of hydrogen-bond acceptors (Lipinski definition) is 3. The van der Waals surface area contributed by atoms with E-state index in [1.807, 2.05) is 23.1 Å². The molecular formula is C15H12BrClFN3. The van der Waals surface area contributed by atoms with Gasteiger partial charge in [0.2, 0.25) is 0 Å². The van der Waals surface area contributed by atoms with Crippen LogP contribution in [0.4, 0.5) is 10.1 Å². The number of halogens is 3. The summed E-state index contributed by atoms with van der Waals surface area (Å²) >= 11 is 9.42. The molecular weight excluding hydrogens is 357 g/mol. The topological polar surface area (TPSA) is 41.6 Å². The van der Waals surface area contributed by atoms with Crippen molar-refractivity contribution >= 4 is 39.2 Å². The smallest absolute Gasteiger partial charge is 0.196 e. The van der Waals surface area contributed by atoms with Crippen LogP contribution in [0.1, 0.15) is 11.6 Å². The van der Waals surface area contributed by atoms with E-state index in [1.165, 1.54) is 12.1 Å². The first kappa shape index (κ1) is 14.4. The van der Waals surface area contributed by atoms with E-state index in [4.69, 9.17) is 17.3 Å². The molecule has 6 heteroatoms. The number of nitrogens with zero attached hydrogens (tertiary/aromatic N) is 2. The lowest BCUT2D eigenvalue weighted by Gasteiger charge is -2.27. The van der Waals surface area contributed by atoms with Gasteiger partial charge in [0.25, 0.3) is 0 Å². The van der Waals surface area contributed by atoms with Crippen LogP contribution >= 0.6 is 27.5 Å². The zero-order valence-electron chi connectivity index (χ0n) is 10.9. The highest BCUT2D eigenvalue weighted by Crippen LogP contribution is 2.34. The maximum atomic E-state index is 13.5. The van der Waals surface area contributed by atoms with Crippen molar-refractivity contribution in [2.75, 3.05) is 11.4 Å². The van der Waals surface area contributed by atoms with Crippen LogP contribution in [-0.2, 0) is 0 Å². The number of rotatable bonds is 2. The summed E-state index contributed by atoms with van der Waals surface area (Å²) in [6, 6.07) is 11.9. The monoisotopic (exact) mass is 367 g/mol. The molecule has 1 aliphatic heterocycles. The Bertz CT molecular complexity index is 720. The number of nitrogens with two attached hydrogens (primary N) is 1. The molecule has 0 spiro atoms. The number of benzene rings is 2. The van der Waals surface area contributed by atoms with E-state index in [9.17, 15) is 4.39 Å². The Balaban J connectivity index is 2.01. The van der Waals surface area contributed by atoms with Crippen LogP contribution in [0.2, 0.25) is 5.02 Å². The van der Waals surface area contributed by atoms with Crippen LogP contribution in [0.15, 0.2) is 51.9 Å². The van der Waals surface area contributed by atoms with E-state index < -0.39 is 0 Å². The van der Waals surface area contributed by atoms with Gasteiger partial charge in [0, 0.05) is 10.2 Å². The molecule has 0 fully saturated rings. The summed E-state index contributed by atoms with van der Waals surface area (Å²) in [6.45, 7) is 0.496. The van der Waals surface area contributed by atoms with Crippen molar-refractivity contribution in [1.82, 2.24) is 0 Å². The molecule has 1 unspecified atom stereocenters. The van der Waals surface area contributed by atoms with Gasteiger partial charge in [-0.05, 0) is 51.8 Å². The van der Waals surface area contributed by atoms with Crippen molar-refractivity contribution in [2.45, 2.75) is 6.04 Å². The van der Waals surface area contributed by atoms with Gasteiger partial charge in [0.15, 0.2) is 5.96 Å². The van der Waals surface area contributed by atoms with E-state index in [0.717, 1.165) is 15.7 Å². The van der Waals surface area contributed by atoms with Crippen LogP contribution in [0.5, 0.6) is 0 Å². The fourth-order valence-corrected chi connectivity index (χ4v) is 2.90. The lowest BCUT2D eigenvalue weighted by Crippen LogP contribution is -2.36. The lowest BCUT2D eigenvalue weighted by atomic mass is 10.1.